The molecule has 8 heteroatoms. The number of nitrogens with one attached hydrogen (secondary N) is 2. The summed E-state index contributed by atoms with van der Waals surface area (Å²) in [5.41, 5.74) is 1.14. The van der Waals surface area contributed by atoms with Gasteiger partial charge in [-0.25, -0.2) is 8.42 Å². The van der Waals surface area contributed by atoms with Crippen LogP contribution >= 0.6 is 0 Å². The van der Waals surface area contributed by atoms with E-state index in [1.165, 1.54) is 37.8 Å². The van der Waals surface area contributed by atoms with Crippen molar-refractivity contribution in [3.8, 4) is 5.75 Å². The molecule has 2 N–H and O–H groups in total. The van der Waals surface area contributed by atoms with Crippen LogP contribution in [0.15, 0.2) is 41.2 Å². The standard InChI is InChI=1S/C13H14N2O5S/c1-19-12-7-10(3-4-11(12)15-21(2,17)18)14-13(16)9-5-6-20-8-9/h3-8,15H,1-2H3,(H,14,16). The molecule has 0 fully saturated rings. The van der Waals surface area contributed by atoms with Crippen LogP contribution in [0.5, 0.6) is 5.75 Å². The maximum atomic E-state index is 11.9. The molecular formula is C13H14N2O5S. The lowest BCUT2D eigenvalue weighted by atomic mass is 10.2. The Labute approximate surface area is 122 Å². The van der Waals surface area contributed by atoms with E-state index in [9.17, 15) is 13.2 Å². The van der Waals surface area contributed by atoms with Gasteiger partial charge in [-0.05, 0) is 18.2 Å². The zero-order valence-electron chi connectivity index (χ0n) is 11.4. The van der Waals surface area contributed by atoms with Gasteiger partial charge in [-0.1, -0.05) is 0 Å². The van der Waals surface area contributed by atoms with Gasteiger partial charge in [0.25, 0.3) is 5.91 Å². The Balaban J connectivity index is 2.21. The Kier molecular flexibility index (Phi) is 4.18. The average molecular weight is 310 g/mol. The average Bonchev–Trinajstić information content (AvgIpc) is 2.93. The maximum absolute atomic E-state index is 11.9. The quantitative estimate of drug-likeness (QED) is 0.879. The van der Waals surface area contributed by atoms with E-state index in [1.54, 1.807) is 6.07 Å². The molecule has 0 spiro atoms. The second kappa shape index (κ2) is 5.88. The largest absolute Gasteiger partial charge is 0.494 e. The van der Waals surface area contributed by atoms with Crippen molar-refractivity contribution < 1.29 is 22.4 Å². The number of benzene rings is 1. The van der Waals surface area contributed by atoms with Gasteiger partial charge in [-0.2, -0.15) is 0 Å². The molecule has 0 saturated carbocycles. The van der Waals surface area contributed by atoms with Gasteiger partial charge in [-0.15, -0.1) is 0 Å². The Morgan fingerprint density at radius 2 is 2.05 bits per heavy atom. The van der Waals surface area contributed by atoms with Gasteiger partial charge in [0.2, 0.25) is 10.0 Å². The Morgan fingerprint density at radius 3 is 2.62 bits per heavy atom. The number of rotatable bonds is 5. The summed E-state index contributed by atoms with van der Waals surface area (Å²) in [5, 5.41) is 2.65. The third-order valence-electron chi connectivity index (χ3n) is 2.54. The van der Waals surface area contributed by atoms with Crippen molar-refractivity contribution in [2.45, 2.75) is 0 Å². The molecule has 21 heavy (non-hydrogen) atoms. The van der Waals surface area contributed by atoms with Gasteiger partial charge in [-0.3, -0.25) is 9.52 Å². The minimum atomic E-state index is -3.41. The zero-order valence-corrected chi connectivity index (χ0v) is 12.2. The highest BCUT2D eigenvalue weighted by Crippen LogP contribution is 2.28. The molecule has 0 bridgehead atoms. The fourth-order valence-electron chi connectivity index (χ4n) is 1.65. The highest BCUT2D eigenvalue weighted by molar-refractivity contribution is 7.92. The molecule has 112 valence electrons. The summed E-state index contributed by atoms with van der Waals surface area (Å²) in [6, 6.07) is 6.12. The lowest BCUT2D eigenvalue weighted by Crippen LogP contribution is -2.12. The Hall–Kier alpha value is -2.48. The first-order valence-electron chi connectivity index (χ1n) is 5.88. The molecule has 0 aliphatic heterocycles. The second-order valence-electron chi connectivity index (χ2n) is 4.26. The molecule has 1 heterocycles. The molecule has 2 aromatic rings. The maximum Gasteiger partial charge on any atom is 0.258 e. The van der Waals surface area contributed by atoms with Crippen LogP contribution in [-0.2, 0) is 10.0 Å². The number of methoxy groups -OCH3 is 1. The van der Waals surface area contributed by atoms with Gasteiger partial charge in [0.15, 0.2) is 0 Å². The van der Waals surface area contributed by atoms with Crippen molar-refractivity contribution in [2.75, 3.05) is 23.4 Å². The number of hydrogen-bond acceptors (Lipinski definition) is 5. The van der Waals surface area contributed by atoms with E-state index in [2.05, 4.69) is 10.0 Å². The third-order valence-corrected chi connectivity index (χ3v) is 3.13. The SMILES string of the molecule is COc1cc(NC(=O)c2ccoc2)ccc1NS(C)(=O)=O. The van der Waals surface area contributed by atoms with Crippen LogP contribution in [0.4, 0.5) is 11.4 Å². The van der Waals surface area contributed by atoms with Gasteiger partial charge < -0.3 is 14.5 Å². The monoisotopic (exact) mass is 310 g/mol. The second-order valence-corrected chi connectivity index (χ2v) is 6.00. The number of amides is 1. The number of carbonyl (C=O) groups excluding carboxylic acids is 1. The normalized spacial score (nSPS) is 11.0. The molecule has 1 amide bonds. The zero-order chi connectivity index (χ0) is 15.5. The summed E-state index contributed by atoms with van der Waals surface area (Å²) in [6.07, 6.45) is 3.77. The minimum Gasteiger partial charge on any atom is -0.494 e. The first-order chi connectivity index (χ1) is 9.89. The minimum absolute atomic E-state index is 0.293. The van der Waals surface area contributed by atoms with E-state index < -0.39 is 10.0 Å². The fourth-order valence-corrected chi connectivity index (χ4v) is 2.22. The molecule has 7 nitrogen and oxygen atoms in total. The molecule has 0 aliphatic carbocycles. The van der Waals surface area contributed by atoms with E-state index >= 15 is 0 Å². The van der Waals surface area contributed by atoms with Crippen molar-refractivity contribution in [2.24, 2.45) is 0 Å². The van der Waals surface area contributed by atoms with Crippen LogP contribution in [-0.4, -0.2) is 27.7 Å². The highest BCUT2D eigenvalue weighted by atomic mass is 32.2. The van der Waals surface area contributed by atoms with Crippen LogP contribution in [0.1, 0.15) is 10.4 Å². The summed E-state index contributed by atoms with van der Waals surface area (Å²) < 4.78 is 34.7. The van der Waals surface area contributed by atoms with Crippen molar-refractivity contribution in [3.63, 3.8) is 0 Å². The summed E-state index contributed by atoms with van der Waals surface area (Å²) in [4.78, 5) is 11.9. The number of ether oxygens (including phenoxy) is 1. The van der Waals surface area contributed by atoms with E-state index in [0.29, 0.717) is 22.7 Å². The van der Waals surface area contributed by atoms with E-state index in [4.69, 9.17) is 9.15 Å². The molecule has 2 rings (SSSR count). The van der Waals surface area contributed by atoms with Crippen LogP contribution in [0.3, 0.4) is 0 Å². The summed E-state index contributed by atoms with van der Waals surface area (Å²) >= 11 is 0. The van der Waals surface area contributed by atoms with Crippen molar-refractivity contribution in [1.82, 2.24) is 0 Å². The van der Waals surface area contributed by atoms with Crippen LogP contribution in [0.2, 0.25) is 0 Å². The number of carbonyl (C=O) groups is 1. The highest BCUT2D eigenvalue weighted by Gasteiger charge is 2.11. The van der Waals surface area contributed by atoms with E-state index in [0.717, 1.165) is 6.26 Å². The van der Waals surface area contributed by atoms with Crippen LogP contribution < -0.4 is 14.8 Å². The lowest BCUT2D eigenvalue weighted by Gasteiger charge is -2.12. The molecule has 0 saturated heterocycles. The number of hydrogen-bond donors (Lipinski definition) is 2. The van der Waals surface area contributed by atoms with E-state index in [-0.39, 0.29) is 5.91 Å². The molecular weight excluding hydrogens is 296 g/mol. The summed E-state index contributed by atoms with van der Waals surface area (Å²) in [5.74, 6) is -0.0416. The van der Waals surface area contributed by atoms with Crippen LogP contribution in [0.25, 0.3) is 0 Å². The molecule has 1 aromatic heterocycles. The van der Waals surface area contributed by atoms with Gasteiger partial charge in [0.1, 0.15) is 12.0 Å². The fraction of sp³-hybridized carbons (Fsp3) is 0.154. The van der Waals surface area contributed by atoms with Crippen molar-refractivity contribution >= 4 is 27.3 Å². The third kappa shape index (κ3) is 3.99. The number of furan rings is 1. The lowest BCUT2D eigenvalue weighted by molar-refractivity contribution is 0.102. The molecule has 0 aliphatic rings. The van der Waals surface area contributed by atoms with Crippen molar-refractivity contribution in [1.29, 1.82) is 0 Å². The Morgan fingerprint density at radius 1 is 1.29 bits per heavy atom. The van der Waals surface area contributed by atoms with Gasteiger partial charge in [0.05, 0.1) is 30.9 Å². The summed E-state index contributed by atoms with van der Waals surface area (Å²) in [7, 11) is -2.00. The molecule has 0 unspecified atom stereocenters. The van der Waals surface area contributed by atoms with Gasteiger partial charge in [0, 0.05) is 11.8 Å². The number of sulfonamides is 1. The first kappa shape index (κ1) is 14.9. The number of anilines is 2. The predicted molar refractivity (Wildman–Crippen MR) is 78.1 cm³/mol. The first-order valence-corrected chi connectivity index (χ1v) is 7.77. The molecule has 1 aromatic carbocycles. The molecule has 0 radical (unpaired) electrons. The van der Waals surface area contributed by atoms with E-state index in [1.807, 2.05) is 0 Å². The topological polar surface area (TPSA) is 97.6 Å². The van der Waals surface area contributed by atoms with Crippen LogP contribution in [0, 0.1) is 0 Å². The predicted octanol–water partition coefficient (Wildman–Crippen LogP) is 1.91. The summed E-state index contributed by atoms with van der Waals surface area (Å²) in [6.45, 7) is 0. The van der Waals surface area contributed by atoms with Gasteiger partial charge >= 0.3 is 0 Å². The molecule has 0 atom stereocenters. The van der Waals surface area contributed by atoms with Crippen molar-refractivity contribution in [3.05, 3.63) is 42.4 Å². The smallest absolute Gasteiger partial charge is 0.258 e. The Bertz CT molecular complexity index is 738.